The minimum atomic E-state index is -2.71. The monoisotopic (exact) mass is 229 g/mol. The first-order valence-corrected chi connectivity index (χ1v) is 4.70. The summed E-state index contributed by atoms with van der Waals surface area (Å²) in [5.41, 5.74) is -0.512. The number of hydrogen-bond acceptors (Lipinski definition) is 1. The highest BCUT2D eigenvalue weighted by Crippen LogP contribution is 2.50. The van der Waals surface area contributed by atoms with E-state index in [2.05, 4.69) is 0 Å². The quantitative estimate of drug-likeness (QED) is 0.715. The second kappa shape index (κ2) is 3.48. The molecule has 0 amide bonds. The highest BCUT2D eigenvalue weighted by atomic mass is 19.3. The van der Waals surface area contributed by atoms with Crippen LogP contribution in [-0.2, 0) is 6.42 Å². The van der Waals surface area contributed by atoms with Gasteiger partial charge >= 0.3 is 0 Å². The molecule has 0 aromatic heterocycles. The third kappa shape index (κ3) is 1.87. The molecule has 0 spiro atoms. The molecule has 0 aliphatic heterocycles. The first kappa shape index (κ1) is 10.9. The molecule has 1 atom stereocenters. The Labute approximate surface area is 89.3 Å². The molecule has 0 bridgehead atoms. The molecule has 0 N–H and O–H groups in total. The van der Waals surface area contributed by atoms with Gasteiger partial charge in [0.1, 0.15) is 23.3 Å². The van der Waals surface area contributed by atoms with Crippen LogP contribution in [0.15, 0.2) is 12.1 Å². The van der Waals surface area contributed by atoms with Gasteiger partial charge in [-0.1, -0.05) is 0 Å². The fourth-order valence-electron chi connectivity index (χ4n) is 1.63. The van der Waals surface area contributed by atoms with Crippen LogP contribution in [0.1, 0.15) is 17.5 Å². The van der Waals surface area contributed by atoms with Crippen LogP contribution in [0.2, 0.25) is 0 Å². The predicted molar refractivity (Wildman–Crippen MR) is 47.8 cm³/mol. The van der Waals surface area contributed by atoms with Crippen molar-refractivity contribution in [2.45, 2.75) is 18.8 Å². The second-order valence-electron chi connectivity index (χ2n) is 3.91. The number of alkyl halides is 2. The lowest BCUT2D eigenvalue weighted by Gasteiger charge is -2.03. The highest BCUT2D eigenvalue weighted by molar-refractivity contribution is 5.35. The third-order valence-corrected chi connectivity index (χ3v) is 2.65. The molecule has 1 aliphatic carbocycles. The smallest absolute Gasteiger partial charge is 0.207 e. The van der Waals surface area contributed by atoms with Gasteiger partial charge in [0, 0.05) is 12.3 Å². The lowest BCUT2D eigenvalue weighted by Crippen LogP contribution is -2.00. The van der Waals surface area contributed by atoms with Crippen molar-refractivity contribution in [1.29, 1.82) is 5.26 Å². The lowest BCUT2D eigenvalue weighted by molar-refractivity contribution is 0.0988. The zero-order valence-corrected chi connectivity index (χ0v) is 8.11. The average molecular weight is 229 g/mol. The van der Waals surface area contributed by atoms with Gasteiger partial charge in [0.05, 0.1) is 0 Å². The standard InChI is InChI=1S/C11H7F4N/c12-9-2-6(1-7-4-11(7,14)15)3-10(13)8(9)5-16/h2-3,7H,1,4H2. The maximum absolute atomic E-state index is 13.1. The molecule has 0 saturated heterocycles. The van der Waals surface area contributed by atoms with E-state index in [1.54, 1.807) is 0 Å². The van der Waals surface area contributed by atoms with Gasteiger partial charge in [0.25, 0.3) is 5.92 Å². The Bertz CT molecular complexity index is 452. The van der Waals surface area contributed by atoms with Crippen molar-refractivity contribution in [3.63, 3.8) is 0 Å². The van der Waals surface area contributed by atoms with Crippen LogP contribution in [0.5, 0.6) is 0 Å². The Morgan fingerprint density at radius 2 is 1.81 bits per heavy atom. The van der Waals surface area contributed by atoms with Crippen LogP contribution in [0, 0.1) is 28.9 Å². The Morgan fingerprint density at radius 1 is 1.31 bits per heavy atom. The van der Waals surface area contributed by atoms with Gasteiger partial charge in [-0.25, -0.2) is 17.6 Å². The summed E-state index contributed by atoms with van der Waals surface area (Å²) in [6.07, 6.45) is -0.303. The van der Waals surface area contributed by atoms with E-state index in [0.717, 1.165) is 12.1 Å². The molecule has 1 unspecified atom stereocenters. The molecular formula is C11H7F4N. The normalized spacial score (nSPS) is 21.6. The summed E-state index contributed by atoms with van der Waals surface area (Å²) in [5.74, 6) is -5.54. The molecule has 1 aromatic carbocycles. The van der Waals surface area contributed by atoms with E-state index in [1.165, 1.54) is 6.07 Å². The number of rotatable bonds is 2. The lowest BCUT2D eigenvalue weighted by atomic mass is 10.1. The zero-order valence-electron chi connectivity index (χ0n) is 8.11. The molecule has 0 radical (unpaired) electrons. The van der Waals surface area contributed by atoms with Gasteiger partial charge in [0.2, 0.25) is 0 Å². The SMILES string of the molecule is N#Cc1c(F)cc(CC2CC2(F)F)cc1F. The summed E-state index contributed by atoms with van der Waals surface area (Å²) in [7, 11) is 0. The fraction of sp³-hybridized carbons (Fsp3) is 0.364. The van der Waals surface area contributed by atoms with Crippen molar-refractivity contribution in [1.82, 2.24) is 0 Å². The van der Waals surface area contributed by atoms with Crippen LogP contribution in [0.3, 0.4) is 0 Å². The molecule has 1 aromatic rings. The summed E-state index contributed by atoms with van der Waals surface area (Å²) in [6, 6.07) is 3.26. The van der Waals surface area contributed by atoms with Crippen LogP contribution >= 0.6 is 0 Å². The molecule has 2 rings (SSSR count). The van der Waals surface area contributed by atoms with Gasteiger partial charge in [0.15, 0.2) is 0 Å². The number of hydrogen-bond donors (Lipinski definition) is 0. The van der Waals surface area contributed by atoms with Crippen molar-refractivity contribution < 1.29 is 17.6 Å². The topological polar surface area (TPSA) is 23.8 Å². The summed E-state index contributed by atoms with van der Waals surface area (Å²) < 4.78 is 51.4. The molecule has 0 heterocycles. The van der Waals surface area contributed by atoms with Gasteiger partial charge < -0.3 is 0 Å². The number of benzene rings is 1. The van der Waals surface area contributed by atoms with E-state index in [4.69, 9.17) is 5.26 Å². The largest absolute Gasteiger partial charge is 0.251 e. The maximum Gasteiger partial charge on any atom is 0.251 e. The zero-order chi connectivity index (χ0) is 11.9. The Balaban J connectivity index is 2.22. The molecule has 1 aliphatic rings. The summed E-state index contributed by atoms with van der Waals surface area (Å²) >= 11 is 0. The van der Waals surface area contributed by atoms with Crippen LogP contribution in [0.25, 0.3) is 0 Å². The molecule has 1 saturated carbocycles. The summed E-state index contributed by atoms with van der Waals surface area (Å²) in [5, 5.41) is 8.42. The minimum Gasteiger partial charge on any atom is -0.207 e. The van der Waals surface area contributed by atoms with E-state index < -0.39 is 29.0 Å². The molecule has 1 fully saturated rings. The number of halogens is 4. The highest BCUT2D eigenvalue weighted by Gasteiger charge is 2.56. The van der Waals surface area contributed by atoms with Crippen LogP contribution in [-0.4, -0.2) is 5.92 Å². The number of nitrogens with zero attached hydrogens (tertiary/aromatic N) is 1. The van der Waals surface area contributed by atoms with Crippen molar-refractivity contribution in [2.24, 2.45) is 5.92 Å². The maximum atomic E-state index is 13.1. The van der Waals surface area contributed by atoms with E-state index in [0.29, 0.717) is 0 Å². The summed E-state index contributed by atoms with van der Waals surface area (Å²) in [6.45, 7) is 0. The molecule has 16 heavy (non-hydrogen) atoms. The van der Waals surface area contributed by atoms with Gasteiger partial charge in [-0.3, -0.25) is 0 Å². The van der Waals surface area contributed by atoms with Crippen molar-refractivity contribution in [3.05, 3.63) is 34.9 Å². The minimum absolute atomic E-state index is 0.0629. The average Bonchev–Trinajstić information content (AvgIpc) is 2.72. The van der Waals surface area contributed by atoms with Crippen molar-refractivity contribution >= 4 is 0 Å². The van der Waals surface area contributed by atoms with Gasteiger partial charge in [-0.15, -0.1) is 0 Å². The first-order valence-electron chi connectivity index (χ1n) is 4.70. The molecule has 1 nitrogen and oxygen atoms in total. The van der Waals surface area contributed by atoms with Gasteiger partial charge in [-0.2, -0.15) is 5.26 Å². The van der Waals surface area contributed by atoms with E-state index in [-0.39, 0.29) is 18.4 Å². The third-order valence-electron chi connectivity index (χ3n) is 2.65. The molecule has 84 valence electrons. The first-order chi connectivity index (χ1) is 7.44. The summed E-state index contributed by atoms with van der Waals surface area (Å²) in [4.78, 5) is 0. The van der Waals surface area contributed by atoms with Crippen molar-refractivity contribution in [3.8, 4) is 6.07 Å². The van der Waals surface area contributed by atoms with Crippen LogP contribution < -0.4 is 0 Å². The van der Waals surface area contributed by atoms with Crippen LogP contribution in [0.4, 0.5) is 17.6 Å². The Kier molecular flexibility index (Phi) is 2.38. The Morgan fingerprint density at radius 3 is 2.19 bits per heavy atom. The second-order valence-corrected chi connectivity index (χ2v) is 3.91. The fourth-order valence-corrected chi connectivity index (χ4v) is 1.63. The number of nitriles is 1. The van der Waals surface area contributed by atoms with E-state index >= 15 is 0 Å². The van der Waals surface area contributed by atoms with Crippen molar-refractivity contribution in [2.75, 3.05) is 0 Å². The Hall–Kier alpha value is -1.57. The van der Waals surface area contributed by atoms with E-state index in [9.17, 15) is 17.6 Å². The van der Waals surface area contributed by atoms with E-state index in [1.807, 2.05) is 0 Å². The predicted octanol–water partition coefficient (Wildman–Crippen LogP) is 3.03. The van der Waals surface area contributed by atoms with Gasteiger partial charge in [-0.05, 0) is 24.1 Å². The molecular weight excluding hydrogens is 222 g/mol. The molecule has 5 heteroatoms.